The quantitative estimate of drug-likeness (QED) is 0.672. The first kappa shape index (κ1) is 13.2. The van der Waals surface area contributed by atoms with Crippen LogP contribution < -0.4 is 0 Å². The van der Waals surface area contributed by atoms with Crippen molar-refractivity contribution in [2.75, 3.05) is 30.6 Å². The summed E-state index contributed by atoms with van der Waals surface area (Å²) in [6.45, 7) is 0.561. The Morgan fingerprint density at radius 2 is 1.93 bits per heavy atom. The highest BCUT2D eigenvalue weighted by Gasteiger charge is 2.29. The zero-order valence-corrected chi connectivity index (χ0v) is 10.9. The summed E-state index contributed by atoms with van der Waals surface area (Å²) in [6.07, 6.45) is 5.36. The van der Waals surface area contributed by atoms with Crippen molar-refractivity contribution in [1.82, 2.24) is 0 Å². The first-order valence-corrected chi connectivity index (χ1v) is 7.86. The Labute approximate surface area is 99.7 Å². The van der Waals surface area contributed by atoms with E-state index >= 15 is 0 Å². The Hall–Kier alpha value is 0.130. The Morgan fingerprint density at radius 3 is 2.53 bits per heavy atom. The molecule has 0 bridgehead atoms. The zero-order chi connectivity index (χ0) is 11.1. The molecule has 1 saturated heterocycles. The second kappa shape index (κ2) is 7.41. The van der Waals surface area contributed by atoms with E-state index in [1.165, 1.54) is 0 Å². The standard InChI is InChI=1S/C10H18O3S2/c1-14-5-3-8-7-12-9(4-6-15-2)10(11)13-8/h8-9H,3-7H2,1-2H3/t8-,9+/m0/s1. The van der Waals surface area contributed by atoms with Crippen LogP contribution in [0.4, 0.5) is 0 Å². The Kier molecular flexibility index (Phi) is 6.52. The third-order valence-electron chi connectivity index (χ3n) is 2.26. The minimum absolute atomic E-state index is 0.0320. The number of cyclic esters (lactones) is 1. The monoisotopic (exact) mass is 250 g/mol. The van der Waals surface area contributed by atoms with Gasteiger partial charge in [-0.05, 0) is 36.9 Å². The smallest absolute Gasteiger partial charge is 0.335 e. The molecular weight excluding hydrogens is 232 g/mol. The molecule has 0 aromatic rings. The van der Waals surface area contributed by atoms with Gasteiger partial charge in [-0.15, -0.1) is 0 Å². The molecule has 1 aliphatic rings. The lowest BCUT2D eigenvalue weighted by Gasteiger charge is -2.28. The maximum Gasteiger partial charge on any atom is 0.335 e. The molecule has 1 heterocycles. The number of esters is 1. The molecule has 0 unspecified atom stereocenters. The number of rotatable bonds is 6. The third-order valence-corrected chi connectivity index (χ3v) is 3.55. The highest BCUT2D eigenvalue weighted by molar-refractivity contribution is 7.98. The molecule has 0 aromatic heterocycles. The predicted molar refractivity (Wildman–Crippen MR) is 65.6 cm³/mol. The predicted octanol–water partition coefficient (Wildman–Crippen LogP) is 1.80. The zero-order valence-electron chi connectivity index (χ0n) is 9.23. The summed E-state index contributed by atoms with van der Waals surface area (Å²) in [4.78, 5) is 11.5. The summed E-state index contributed by atoms with van der Waals surface area (Å²) in [5.41, 5.74) is 0. The number of hydrogen-bond acceptors (Lipinski definition) is 5. The van der Waals surface area contributed by atoms with Gasteiger partial charge in [-0.25, -0.2) is 4.79 Å². The largest absolute Gasteiger partial charge is 0.458 e. The molecule has 3 nitrogen and oxygen atoms in total. The minimum Gasteiger partial charge on any atom is -0.458 e. The second-order valence-corrected chi connectivity index (χ2v) is 5.42. The van der Waals surface area contributed by atoms with Crippen LogP contribution in [0.3, 0.4) is 0 Å². The normalized spacial score (nSPS) is 26.4. The van der Waals surface area contributed by atoms with Gasteiger partial charge in [0.25, 0.3) is 0 Å². The summed E-state index contributed by atoms with van der Waals surface area (Å²) in [5.74, 6) is 1.77. The molecule has 0 N–H and O–H groups in total. The first-order chi connectivity index (χ1) is 7.27. The Morgan fingerprint density at radius 1 is 1.27 bits per heavy atom. The van der Waals surface area contributed by atoms with Crippen LogP contribution in [-0.2, 0) is 14.3 Å². The average molecular weight is 250 g/mol. The second-order valence-electron chi connectivity index (χ2n) is 3.44. The van der Waals surface area contributed by atoms with Crippen molar-refractivity contribution in [2.45, 2.75) is 25.0 Å². The first-order valence-electron chi connectivity index (χ1n) is 5.08. The van der Waals surface area contributed by atoms with Gasteiger partial charge in [-0.3, -0.25) is 0 Å². The molecule has 0 aromatic carbocycles. The SMILES string of the molecule is CSCC[C@H]1CO[C@H](CCSC)C(=O)O1. The third kappa shape index (κ3) is 4.66. The molecular formula is C10H18O3S2. The highest BCUT2D eigenvalue weighted by Crippen LogP contribution is 2.16. The van der Waals surface area contributed by atoms with E-state index < -0.39 is 0 Å². The van der Waals surface area contributed by atoms with Crippen LogP contribution in [0, 0.1) is 0 Å². The van der Waals surface area contributed by atoms with Crippen LogP contribution >= 0.6 is 23.5 Å². The summed E-state index contributed by atoms with van der Waals surface area (Å²) < 4.78 is 10.8. The van der Waals surface area contributed by atoms with Gasteiger partial charge < -0.3 is 9.47 Å². The molecule has 0 amide bonds. The van der Waals surface area contributed by atoms with Gasteiger partial charge in [0, 0.05) is 0 Å². The van der Waals surface area contributed by atoms with Crippen molar-refractivity contribution in [1.29, 1.82) is 0 Å². The topological polar surface area (TPSA) is 35.5 Å². The molecule has 1 fully saturated rings. The van der Waals surface area contributed by atoms with Gasteiger partial charge >= 0.3 is 5.97 Å². The summed E-state index contributed by atoms with van der Waals surface area (Å²) >= 11 is 3.48. The number of carbonyl (C=O) groups is 1. The van der Waals surface area contributed by atoms with Crippen LogP contribution in [0.5, 0.6) is 0 Å². The molecule has 15 heavy (non-hydrogen) atoms. The lowest BCUT2D eigenvalue weighted by atomic mass is 10.2. The van der Waals surface area contributed by atoms with Crippen molar-refractivity contribution in [2.24, 2.45) is 0 Å². The van der Waals surface area contributed by atoms with Crippen molar-refractivity contribution in [3.05, 3.63) is 0 Å². The summed E-state index contributed by atoms with van der Waals surface area (Å²) in [6, 6.07) is 0. The van der Waals surface area contributed by atoms with Crippen LogP contribution in [0.1, 0.15) is 12.8 Å². The van der Waals surface area contributed by atoms with Crippen LogP contribution in [0.15, 0.2) is 0 Å². The van der Waals surface area contributed by atoms with Crippen molar-refractivity contribution >= 4 is 29.5 Å². The van der Waals surface area contributed by atoms with Gasteiger partial charge in [0.05, 0.1) is 6.61 Å². The van der Waals surface area contributed by atoms with Gasteiger partial charge in [-0.2, -0.15) is 23.5 Å². The number of ether oxygens (including phenoxy) is 2. The average Bonchev–Trinajstić information content (AvgIpc) is 2.25. The fourth-order valence-corrected chi connectivity index (χ4v) is 2.33. The fraction of sp³-hybridized carbons (Fsp3) is 0.900. The van der Waals surface area contributed by atoms with Gasteiger partial charge in [-0.1, -0.05) is 0 Å². The lowest BCUT2D eigenvalue weighted by Crippen LogP contribution is -2.40. The van der Waals surface area contributed by atoms with Gasteiger partial charge in [0.2, 0.25) is 0 Å². The van der Waals surface area contributed by atoms with E-state index in [0.29, 0.717) is 6.61 Å². The fourth-order valence-electron chi connectivity index (χ4n) is 1.38. The van der Waals surface area contributed by atoms with E-state index in [1.54, 1.807) is 23.5 Å². The van der Waals surface area contributed by atoms with Crippen molar-refractivity contribution in [3.63, 3.8) is 0 Å². The minimum atomic E-state index is -0.331. The molecule has 0 saturated carbocycles. The molecule has 5 heteroatoms. The van der Waals surface area contributed by atoms with Gasteiger partial charge in [0.1, 0.15) is 6.10 Å². The summed E-state index contributed by atoms with van der Waals surface area (Å²) in [7, 11) is 0. The van der Waals surface area contributed by atoms with Crippen molar-refractivity contribution in [3.8, 4) is 0 Å². The Bertz CT molecular complexity index is 199. The van der Waals surface area contributed by atoms with Crippen LogP contribution in [-0.4, -0.2) is 48.8 Å². The van der Waals surface area contributed by atoms with Crippen LogP contribution in [0.25, 0.3) is 0 Å². The van der Waals surface area contributed by atoms with E-state index in [4.69, 9.17) is 9.47 Å². The van der Waals surface area contributed by atoms with Crippen LogP contribution in [0.2, 0.25) is 0 Å². The molecule has 0 aliphatic carbocycles. The molecule has 88 valence electrons. The lowest BCUT2D eigenvalue weighted by molar-refractivity contribution is -0.183. The van der Waals surface area contributed by atoms with E-state index in [1.807, 2.05) is 12.5 Å². The number of thioether (sulfide) groups is 2. The maximum absolute atomic E-state index is 11.5. The molecule has 0 radical (unpaired) electrons. The van der Waals surface area contributed by atoms with E-state index in [-0.39, 0.29) is 18.2 Å². The van der Waals surface area contributed by atoms with E-state index in [0.717, 1.165) is 24.3 Å². The molecule has 1 rings (SSSR count). The maximum atomic E-state index is 11.5. The highest BCUT2D eigenvalue weighted by atomic mass is 32.2. The van der Waals surface area contributed by atoms with Gasteiger partial charge in [0.15, 0.2) is 6.10 Å². The molecule has 1 aliphatic heterocycles. The summed E-state index contributed by atoms with van der Waals surface area (Å²) in [5, 5.41) is 0. The number of carbonyl (C=O) groups excluding carboxylic acids is 1. The Balaban J connectivity index is 2.24. The molecule has 0 spiro atoms. The van der Waals surface area contributed by atoms with E-state index in [2.05, 4.69) is 0 Å². The number of hydrogen-bond donors (Lipinski definition) is 0. The molecule has 2 atom stereocenters. The van der Waals surface area contributed by atoms with E-state index in [9.17, 15) is 4.79 Å². The van der Waals surface area contributed by atoms with Crippen molar-refractivity contribution < 1.29 is 14.3 Å².